The Balaban J connectivity index is 2.51. The van der Waals surface area contributed by atoms with E-state index in [1.165, 1.54) is 0 Å². The first kappa shape index (κ1) is 16.2. The molecule has 108 valence electrons. The number of carbonyl (C=O) groups excluding carboxylic acids is 1. The van der Waals surface area contributed by atoms with Gasteiger partial charge in [-0.15, -0.1) is 11.6 Å². The zero-order valence-electron chi connectivity index (χ0n) is 11.7. The molecular weight excluding hydrogens is 264 g/mol. The van der Waals surface area contributed by atoms with Gasteiger partial charge in [-0.1, -0.05) is 26.0 Å². The lowest BCUT2D eigenvalue weighted by molar-refractivity contribution is -0.138. The number of aliphatic carboxylic acids is 1. The molecule has 0 aromatic rings. The van der Waals surface area contributed by atoms with Crippen LogP contribution >= 0.6 is 11.6 Å². The normalized spacial score (nSPS) is 26.2. The first-order valence-corrected chi connectivity index (χ1v) is 7.24. The highest BCUT2D eigenvalue weighted by Gasteiger charge is 2.38. The molecule has 1 fully saturated rings. The third kappa shape index (κ3) is 4.64. The maximum atomic E-state index is 11.7. The highest BCUT2D eigenvalue weighted by atomic mass is 35.5. The SMILES string of the molecule is C=C1C(Cl)CCC(C)(C)C1CCC(=O)CCC(=O)O. The molecule has 2 atom stereocenters. The molecule has 1 rings (SSSR count). The average molecular weight is 287 g/mol. The van der Waals surface area contributed by atoms with Crippen LogP contribution in [-0.2, 0) is 9.59 Å². The lowest BCUT2D eigenvalue weighted by Gasteiger charge is -2.42. The zero-order chi connectivity index (χ0) is 14.6. The van der Waals surface area contributed by atoms with Gasteiger partial charge in [0.15, 0.2) is 0 Å². The molecule has 0 aromatic carbocycles. The van der Waals surface area contributed by atoms with E-state index in [1.807, 2.05) is 0 Å². The van der Waals surface area contributed by atoms with Gasteiger partial charge in [0.2, 0.25) is 0 Å². The summed E-state index contributed by atoms with van der Waals surface area (Å²) in [5.41, 5.74) is 1.15. The number of alkyl halides is 1. The van der Waals surface area contributed by atoms with Gasteiger partial charge in [0, 0.05) is 12.8 Å². The van der Waals surface area contributed by atoms with E-state index < -0.39 is 5.97 Å². The molecule has 0 bridgehead atoms. The summed E-state index contributed by atoms with van der Waals surface area (Å²) in [5, 5.41) is 8.56. The number of carboxylic acids is 1. The molecule has 1 N–H and O–H groups in total. The van der Waals surface area contributed by atoms with Crippen molar-refractivity contribution in [3.8, 4) is 0 Å². The molecule has 3 nitrogen and oxygen atoms in total. The summed E-state index contributed by atoms with van der Waals surface area (Å²) in [7, 11) is 0. The number of ketones is 1. The summed E-state index contributed by atoms with van der Waals surface area (Å²) >= 11 is 6.24. The molecule has 2 unspecified atom stereocenters. The van der Waals surface area contributed by atoms with E-state index in [9.17, 15) is 9.59 Å². The van der Waals surface area contributed by atoms with Gasteiger partial charge in [0.25, 0.3) is 0 Å². The van der Waals surface area contributed by atoms with E-state index >= 15 is 0 Å². The summed E-state index contributed by atoms with van der Waals surface area (Å²) in [6.07, 6.45) is 3.17. The van der Waals surface area contributed by atoms with Gasteiger partial charge >= 0.3 is 5.97 Å². The van der Waals surface area contributed by atoms with E-state index in [-0.39, 0.29) is 35.3 Å². The van der Waals surface area contributed by atoms with Crippen molar-refractivity contribution in [3.05, 3.63) is 12.2 Å². The van der Waals surface area contributed by atoms with E-state index in [4.69, 9.17) is 16.7 Å². The minimum absolute atomic E-state index is 0.00662. The van der Waals surface area contributed by atoms with Crippen LogP contribution < -0.4 is 0 Å². The number of Topliss-reactive ketones (excluding diaryl/α,β-unsaturated/α-hetero) is 1. The minimum Gasteiger partial charge on any atom is -0.481 e. The van der Waals surface area contributed by atoms with Gasteiger partial charge in [-0.05, 0) is 30.6 Å². The molecule has 0 heterocycles. The number of carboxylic acid groups (broad SMARTS) is 1. The summed E-state index contributed by atoms with van der Waals surface area (Å²) in [6, 6.07) is 0. The number of halogens is 1. The number of carbonyl (C=O) groups is 2. The summed E-state index contributed by atoms with van der Waals surface area (Å²) in [4.78, 5) is 22.1. The second-order valence-corrected chi connectivity index (χ2v) is 6.62. The van der Waals surface area contributed by atoms with Crippen LogP contribution in [0.15, 0.2) is 12.2 Å². The zero-order valence-corrected chi connectivity index (χ0v) is 12.5. The number of allylic oxidation sites excluding steroid dienone is 1. The van der Waals surface area contributed by atoms with Crippen LogP contribution in [0.3, 0.4) is 0 Å². The van der Waals surface area contributed by atoms with Crippen LogP contribution in [0.1, 0.15) is 52.4 Å². The van der Waals surface area contributed by atoms with Crippen LogP contribution in [0.5, 0.6) is 0 Å². The molecule has 0 amide bonds. The molecule has 1 aliphatic carbocycles. The highest BCUT2D eigenvalue weighted by molar-refractivity contribution is 6.22. The Morgan fingerprint density at radius 1 is 1.37 bits per heavy atom. The predicted molar refractivity (Wildman–Crippen MR) is 76.4 cm³/mol. The van der Waals surface area contributed by atoms with Gasteiger partial charge < -0.3 is 5.11 Å². The van der Waals surface area contributed by atoms with E-state index in [0.29, 0.717) is 6.42 Å². The Morgan fingerprint density at radius 2 is 2.00 bits per heavy atom. The molecule has 0 aliphatic heterocycles. The molecular formula is C15H23ClO3. The van der Waals surface area contributed by atoms with Crippen molar-refractivity contribution in [2.75, 3.05) is 0 Å². The Labute approximate surface area is 120 Å². The van der Waals surface area contributed by atoms with Crippen LogP contribution in [0.25, 0.3) is 0 Å². The van der Waals surface area contributed by atoms with Crippen molar-refractivity contribution >= 4 is 23.4 Å². The second-order valence-electron chi connectivity index (χ2n) is 6.09. The summed E-state index contributed by atoms with van der Waals surface area (Å²) < 4.78 is 0. The van der Waals surface area contributed by atoms with Crippen molar-refractivity contribution in [2.45, 2.75) is 57.7 Å². The fourth-order valence-electron chi connectivity index (χ4n) is 2.83. The maximum absolute atomic E-state index is 11.7. The molecule has 19 heavy (non-hydrogen) atoms. The molecule has 0 spiro atoms. The first-order chi connectivity index (χ1) is 8.74. The van der Waals surface area contributed by atoms with Crippen molar-refractivity contribution in [1.29, 1.82) is 0 Å². The second kappa shape index (κ2) is 6.56. The summed E-state index contributed by atoms with van der Waals surface area (Å²) in [6.45, 7) is 8.46. The van der Waals surface area contributed by atoms with Gasteiger partial charge in [0.1, 0.15) is 5.78 Å². The van der Waals surface area contributed by atoms with Gasteiger partial charge in [-0.2, -0.15) is 0 Å². The molecule has 1 saturated carbocycles. The molecule has 0 radical (unpaired) electrons. The minimum atomic E-state index is -0.920. The quantitative estimate of drug-likeness (QED) is 0.597. The largest absolute Gasteiger partial charge is 0.481 e. The maximum Gasteiger partial charge on any atom is 0.303 e. The van der Waals surface area contributed by atoms with Crippen LogP contribution in [0.2, 0.25) is 0 Å². The lowest BCUT2D eigenvalue weighted by atomic mass is 9.65. The van der Waals surface area contributed by atoms with Crippen molar-refractivity contribution < 1.29 is 14.7 Å². The Morgan fingerprint density at radius 3 is 2.58 bits per heavy atom. The van der Waals surface area contributed by atoms with Crippen LogP contribution in [0.4, 0.5) is 0 Å². The molecule has 0 saturated heterocycles. The molecule has 4 heteroatoms. The average Bonchev–Trinajstić information content (AvgIpc) is 2.31. The number of hydrogen-bond acceptors (Lipinski definition) is 2. The molecule has 1 aliphatic rings. The standard InChI is InChI=1S/C15H23ClO3/c1-10-12(15(2,3)9-8-13(10)16)6-4-11(17)5-7-14(18)19/h12-13H,1,4-9H2,2-3H3,(H,18,19). The Kier molecular flexibility index (Phi) is 5.60. The van der Waals surface area contributed by atoms with Crippen molar-refractivity contribution in [2.24, 2.45) is 11.3 Å². The van der Waals surface area contributed by atoms with Gasteiger partial charge in [0.05, 0.1) is 11.8 Å². The summed E-state index contributed by atoms with van der Waals surface area (Å²) in [5.74, 6) is -0.656. The number of hydrogen-bond donors (Lipinski definition) is 1. The fraction of sp³-hybridized carbons (Fsp3) is 0.733. The smallest absolute Gasteiger partial charge is 0.303 e. The van der Waals surface area contributed by atoms with Gasteiger partial charge in [-0.25, -0.2) is 0 Å². The Bertz CT molecular complexity index is 374. The van der Waals surface area contributed by atoms with E-state index in [0.717, 1.165) is 24.8 Å². The van der Waals surface area contributed by atoms with E-state index in [2.05, 4.69) is 20.4 Å². The third-order valence-electron chi connectivity index (χ3n) is 4.16. The number of rotatable bonds is 6. The third-order valence-corrected chi connectivity index (χ3v) is 4.66. The first-order valence-electron chi connectivity index (χ1n) is 6.80. The highest BCUT2D eigenvalue weighted by Crippen LogP contribution is 2.47. The molecule has 0 aromatic heterocycles. The van der Waals surface area contributed by atoms with Crippen LogP contribution in [0, 0.1) is 11.3 Å². The van der Waals surface area contributed by atoms with Crippen molar-refractivity contribution in [3.63, 3.8) is 0 Å². The topological polar surface area (TPSA) is 54.4 Å². The van der Waals surface area contributed by atoms with Crippen LogP contribution in [-0.4, -0.2) is 22.2 Å². The lowest BCUT2D eigenvalue weighted by Crippen LogP contribution is -2.34. The van der Waals surface area contributed by atoms with Gasteiger partial charge in [-0.3, -0.25) is 9.59 Å². The fourth-order valence-corrected chi connectivity index (χ4v) is 3.09. The van der Waals surface area contributed by atoms with E-state index in [1.54, 1.807) is 0 Å². The Hall–Kier alpha value is -0.830. The predicted octanol–water partition coefficient (Wildman–Crippen LogP) is 3.80. The van der Waals surface area contributed by atoms with Crippen molar-refractivity contribution in [1.82, 2.24) is 0 Å². The monoisotopic (exact) mass is 286 g/mol.